The number of rotatable bonds is 8. The third-order valence-electron chi connectivity index (χ3n) is 5.00. The molecule has 0 saturated heterocycles. The zero-order valence-electron chi connectivity index (χ0n) is 17.5. The highest BCUT2D eigenvalue weighted by Gasteiger charge is 2.21. The summed E-state index contributed by atoms with van der Waals surface area (Å²) in [5.41, 5.74) is 2.40. The summed E-state index contributed by atoms with van der Waals surface area (Å²) in [6.07, 6.45) is 1.85. The van der Waals surface area contributed by atoms with Crippen LogP contribution >= 0.6 is 34.8 Å². The summed E-state index contributed by atoms with van der Waals surface area (Å²) in [7, 11) is 0. The molecule has 3 aromatic rings. The molecule has 3 rings (SSSR count). The van der Waals surface area contributed by atoms with Crippen LogP contribution in [0.5, 0.6) is 0 Å². The zero-order chi connectivity index (χ0) is 21.8. The normalized spacial score (nSPS) is 11.4. The molecule has 0 spiro atoms. The molecule has 30 heavy (non-hydrogen) atoms. The highest BCUT2D eigenvalue weighted by molar-refractivity contribution is 6.42. The van der Waals surface area contributed by atoms with Crippen LogP contribution in [-0.4, -0.2) is 26.9 Å². The minimum absolute atomic E-state index is 0.0812. The molecule has 160 valence electrons. The summed E-state index contributed by atoms with van der Waals surface area (Å²) in [5.74, 6) is 1.25. The Morgan fingerprint density at radius 3 is 2.53 bits per heavy atom. The lowest BCUT2D eigenvalue weighted by molar-refractivity contribution is 0.0729. The van der Waals surface area contributed by atoms with Crippen LogP contribution in [-0.2, 0) is 13.1 Å². The second kappa shape index (κ2) is 10.0. The van der Waals surface area contributed by atoms with Crippen LogP contribution in [0, 0.1) is 5.92 Å². The molecule has 1 amide bonds. The van der Waals surface area contributed by atoms with Crippen LogP contribution < -0.4 is 0 Å². The molecule has 0 fully saturated rings. The summed E-state index contributed by atoms with van der Waals surface area (Å²) in [4.78, 5) is 20.0. The first-order valence-corrected chi connectivity index (χ1v) is 11.3. The number of carbonyl (C=O) groups is 1. The highest BCUT2D eigenvalue weighted by atomic mass is 35.5. The van der Waals surface area contributed by atoms with Crippen molar-refractivity contribution in [2.45, 2.75) is 46.7 Å². The molecule has 4 nitrogen and oxygen atoms in total. The molecule has 0 N–H and O–H groups in total. The van der Waals surface area contributed by atoms with Gasteiger partial charge in [0.2, 0.25) is 0 Å². The number of aryl methyl sites for hydroxylation is 1. The van der Waals surface area contributed by atoms with E-state index in [0.29, 0.717) is 39.6 Å². The predicted octanol–water partition coefficient (Wildman–Crippen LogP) is 7.10. The van der Waals surface area contributed by atoms with Crippen molar-refractivity contribution >= 4 is 51.7 Å². The summed E-state index contributed by atoms with van der Waals surface area (Å²) >= 11 is 18.4. The third-order valence-corrected chi connectivity index (χ3v) is 5.97. The number of hydrogen-bond acceptors (Lipinski definition) is 2. The highest BCUT2D eigenvalue weighted by Crippen LogP contribution is 2.25. The molecule has 0 radical (unpaired) electrons. The number of carbonyl (C=O) groups excluding carboxylic acids is 1. The molecule has 0 saturated carbocycles. The second-order valence-corrected chi connectivity index (χ2v) is 9.10. The van der Waals surface area contributed by atoms with Crippen molar-refractivity contribution in [2.24, 2.45) is 5.92 Å². The average Bonchev–Trinajstić information content (AvgIpc) is 3.03. The Bertz CT molecular complexity index is 1050. The van der Waals surface area contributed by atoms with Gasteiger partial charge in [0.05, 0.1) is 27.6 Å². The quantitative estimate of drug-likeness (QED) is 0.355. The standard InChI is InChI=1S/C23H26Cl3N3O/c1-4-10-29-21-13-17(24)6-8-20(21)27-22(29)14-28(11-9-15(2)3)23(30)16-5-7-18(25)19(26)12-16/h5-8,12-13,15H,4,9-11,14H2,1-3H3. The largest absolute Gasteiger partial charge is 0.331 e. The van der Waals surface area contributed by atoms with Gasteiger partial charge in [0.25, 0.3) is 5.91 Å². The molecule has 1 heterocycles. The number of imidazole rings is 1. The molecule has 2 aromatic carbocycles. The van der Waals surface area contributed by atoms with E-state index in [-0.39, 0.29) is 5.91 Å². The van der Waals surface area contributed by atoms with Crippen LogP contribution in [0.2, 0.25) is 15.1 Å². The van der Waals surface area contributed by atoms with Gasteiger partial charge in [-0.1, -0.05) is 55.6 Å². The van der Waals surface area contributed by atoms with Crippen LogP contribution in [0.3, 0.4) is 0 Å². The third kappa shape index (κ3) is 5.29. The fourth-order valence-electron chi connectivity index (χ4n) is 3.39. The molecule has 0 aliphatic heterocycles. The molecular weight excluding hydrogens is 441 g/mol. The average molecular weight is 467 g/mol. The summed E-state index contributed by atoms with van der Waals surface area (Å²) < 4.78 is 2.16. The van der Waals surface area contributed by atoms with E-state index >= 15 is 0 Å². The van der Waals surface area contributed by atoms with Gasteiger partial charge >= 0.3 is 0 Å². The lowest BCUT2D eigenvalue weighted by Crippen LogP contribution is -2.33. The van der Waals surface area contributed by atoms with Crippen LogP contribution in [0.25, 0.3) is 11.0 Å². The minimum atomic E-state index is -0.0812. The Morgan fingerprint density at radius 2 is 1.87 bits per heavy atom. The number of amides is 1. The monoisotopic (exact) mass is 465 g/mol. The lowest BCUT2D eigenvalue weighted by Gasteiger charge is -2.24. The van der Waals surface area contributed by atoms with Crippen molar-refractivity contribution in [1.82, 2.24) is 14.5 Å². The van der Waals surface area contributed by atoms with Gasteiger partial charge in [-0.3, -0.25) is 4.79 Å². The fraction of sp³-hybridized carbons (Fsp3) is 0.391. The van der Waals surface area contributed by atoms with Crippen molar-refractivity contribution < 1.29 is 4.79 Å². The zero-order valence-corrected chi connectivity index (χ0v) is 19.7. The van der Waals surface area contributed by atoms with E-state index in [0.717, 1.165) is 36.2 Å². The predicted molar refractivity (Wildman–Crippen MR) is 126 cm³/mol. The second-order valence-electron chi connectivity index (χ2n) is 7.85. The maximum atomic E-state index is 13.3. The number of benzene rings is 2. The van der Waals surface area contributed by atoms with Crippen molar-refractivity contribution in [3.8, 4) is 0 Å². The molecular formula is C23H26Cl3N3O. The Hall–Kier alpha value is -1.75. The Morgan fingerprint density at radius 1 is 1.10 bits per heavy atom. The van der Waals surface area contributed by atoms with E-state index in [1.807, 2.05) is 23.1 Å². The van der Waals surface area contributed by atoms with E-state index in [1.54, 1.807) is 18.2 Å². The summed E-state index contributed by atoms with van der Waals surface area (Å²) in [6.45, 7) is 8.28. The van der Waals surface area contributed by atoms with E-state index in [4.69, 9.17) is 39.8 Å². The first kappa shape index (κ1) is 22.9. The summed E-state index contributed by atoms with van der Waals surface area (Å²) in [6, 6.07) is 10.7. The van der Waals surface area contributed by atoms with Gasteiger partial charge in [0.1, 0.15) is 5.82 Å². The van der Waals surface area contributed by atoms with E-state index in [9.17, 15) is 4.79 Å². The Balaban J connectivity index is 1.97. The van der Waals surface area contributed by atoms with Crippen molar-refractivity contribution in [1.29, 1.82) is 0 Å². The van der Waals surface area contributed by atoms with Crippen LogP contribution in [0.4, 0.5) is 0 Å². The number of fused-ring (bicyclic) bond motifs is 1. The first-order valence-electron chi connectivity index (χ1n) is 10.2. The maximum absolute atomic E-state index is 13.3. The number of halogens is 3. The topological polar surface area (TPSA) is 38.1 Å². The Labute approximate surface area is 192 Å². The van der Waals surface area contributed by atoms with Crippen molar-refractivity contribution in [2.75, 3.05) is 6.54 Å². The SMILES string of the molecule is CCCn1c(CN(CCC(C)C)C(=O)c2ccc(Cl)c(Cl)c2)nc2ccc(Cl)cc21. The molecule has 0 aliphatic rings. The number of nitrogens with zero attached hydrogens (tertiary/aromatic N) is 3. The van der Waals surface area contributed by atoms with Crippen molar-refractivity contribution in [3.63, 3.8) is 0 Å². The number of aromatic nitrogens is 2. The molecule has 0 unspecified atom stereocenters. The van der Waals surface area contributed by atoms with Gasteiger partial charge in [-0.15, -0.1) is 0 Å². The van der Waals surface area contributed by atoms with Gasteiger partial charge in [-0.2, -0.15) is 0 Å². The minimum Gasteiger partial charge on any atom is -0.331 e. The van der Waals surface area contributed by atoms with Gasteiger partial charge in [0.15, 0.2) is 0 Å². The van der Waals surface area contributed by atoms with E-state index in [2.05, 4.69) is 25.3 Å². The number of hydrogen-bond donors (Lipinski definition) is 0. The van der Waals surface area contributed by atoms with Crippen LogP contribution in [0.1, 0.15) is 49.8 Å². The van der Waals surface area contributed by atoms with Gasteiger partial charge in [-0.05, 0) is 55.2 Å². The molecule has 1 aromatic heterocycles. The maximum Gasteiger partial charge on any atom is 0.254 e. The first-order chi connectivity index (χ1) is 14.3. The molecule has 0 bridgehead atoms. The molecule has 0 aliphatic carbocycles. The van der Waals surface area contributed by atoms with Gasteiger partial charge < -0.3 is 9.47 Å². The van der Waals surface area contributed by atoms with Crippen LogP contribution in [0.15, 0.2) is 36.4 Å². The molecule has 7 heteroatoms. The summed E-state index contributed by atoms with van der Waals surface area (Å²) in [5, 5.41) is 1.48. The van der Waals surface area contributed by atoms with Crippen molar-refractivity contribution in [3.05, 3.63) is 62.9 Å². The Kier molecular flexibility index (Phi) is 7.67. The lowest BCUT2D eigenvalue weighted by atomic mass is 10.1. The molecule has 0 atom stereocenters. The fourth-order valence-corrected chi connectivity index (χ4v) is 3.85. The smallest absolute Gasteiger partial charge is 0.254 e. The van der Waals surface area contributed by atoms with E-state index < -0.39 is 0 Å². The van der Waals surface area contributed by atoms with Gasteiger partial charge in [-0.25, -0.2) is 4.98 Å². The van der Waals surface area contributed by atoms with Gasteiger partial charge in [0, 0.05) is 23.7 Å². The van der Waals surface area contributed by atoms with E-state index in [1.165, 1.54) is 0 Å².